The fourth-order valence-corrected chi connectivity index (χ4v) is 2.98. The predicted octanol–water partition coefficient (Wildman–Crippen LogP) is 3.29. The third-order valence-electron chi connectivity index (χ3n) is 3.01. The molecule has 0 unspecified atom stereocenters. The van der Waals surface area contributed by atoms with Gasteiger partial charge in [0.15, 0.2) is 0 Å². The van der Waals surface area contributed by atoms with Gasteiger partial charge in [-0.15, -0.1) is 0 Å². The summed E-state index contributed by atoms with van der Waals surface area (Å²) in [5.41, 5.74) is -1.22. The van der Waals surface area contributed by atoms with Gasteiger partial charge in [-0.3, -0.25) is 4.72 Å². The van der Waals surface area contributed by atoms with E-state index in [4.69, 9.17) is 0 Å². The van der Waals surface area contributed by atoms with E-state index in [1.807, 2.05) is 0 Å². The van der Waals surface area contributed by atoms with Crippen LogP contribution in [0.3, 0.4) is 0 Å². The second-order valence-corrected chi connectivity index (χ2v) is 6.39. The number of carbonyl (C=O) groups excluding carboxylic acids is 1. The Morgan fingerprint density at radius 3 is 2.38 bits per heavy atom. The minimum absolute atomic E-state index is 0.00409. The van der Waals surface area contributed by atoms with E-state index in [2.05, 4.69) is 9.46 Å². The van der Waals surface area contributed by atoms with E-state index in [0.717, 1.165) is 25.3 Å². The number of sulfonamides is 1. The summed E-state index contributed by atoms with van der Waals surface area (Å²) in [6.07, 6.45) is -4.59. The van der Waals surface area contributed by atoms with E-state index in [-0.39, 0.29) is 16.1 Å². The number of hydrogen-bond acceptors (Lipinski definition) is 4. The van der Waals surface area contributed by atoms with Gasteiger partial charge in [-0.05, 0) is 36.4 Å². The SMILES string of the molecule is COC(=O)c1cccc(S(=O)(=O)Nc2cccc(C(F)(F)F)c2)c1. The zero-order valence-corrected chi connectivity index (χ0v) is 13.1. The van der Waals surface area contributed by atoms with Crippen LogP contribution in [0.4, 0.5) is 18.9 Å². The molecule has 0 aliphatic rings. The summed E-state index contributed by atoms with van der Waals surface area (Å²) in [7, 11) is -3.02. The lowest BCUT2D eigenvalue weighted by Gasteiger charge is -2.11. The van der Waals surface area contributed by atoms with Crippen LogP contribution in [-0.4, -0.2) is 21.5 Å². The smallest absolute Gasteiger partial charge is 0.416 e. The highest BCUT2D eigenvalue weighted by Crippen LogP contribution is 2.31. The topological polar surface area (TPSA) is 72.5 Å². The number of rotatable bonds is 4. The molecule has 0 atom stereocenters. The largest absolute Gasteiger partial charge is 0.465 e. The van der Waals surface area contributed by atoms with Gasteiger partial charge in [0.05, 0.1) is 23.1 Å². The molecule has 2 aromatic rings. The molecule has 1 N–H and O–H groups in total. The summed E-state index contributed by atoms with van der Waals surface area (Å²) >= 11 is 0. The average molecular weight is 359 g/mol. The first-order valence-electron chi connectivity index (χ1n) is 6.52. The molecule has 128 valence electrons. The summed E-state index contributed by atoms with van der Waals surface area (Å²) in [5.74, 6) is -0.730. The van der Waals surface area contributed by atoms with Gasteiger partial charge in [-0.25, -0.2) is 13.2 Å². The zero-order valence-electron chi connectivity index (χ0n) is 12.3. The van der Waals surface area contributed by atoms with Crippen molar-refractivity contribution in [3.05, 3.63) is 59.7 Å². The summed E-state index contributed by atoms with van der Waals surface area (Å²) in [5, 5.41) is 0. The number of esters is 1. The van der Waals surface area contributed by atoms with Crippen LogP contribution < -0.4 is 4.72 Å². The molecular weight excluding hydrogens is 347 g/mol. The Balaban J connectivity index is 2.34. The van der Waals surface area contributed by atoms with Crippen LogP contribution >= 0.6 is 0 Å². The quantitative estimate of drug-likeness (QED) is 0.851. The van der Waals surface area contributed by atoms with Gasteiger partial charge in [-0.2, -0.15) is 13.2 Å². The van der Waals surface area contributed by atoms with Crippen molar-refractivity contribution in [2.75, 3.05) is 11.8 Å². The predicted molar refractivity (Wildman–Crippen MR) is 80.0 cm³/mol. The molecule has 0 aliphatic carbocycles. The maximum Gasteiger partial charge on any atom is 0.416 e. The van der Waals surface area contributed by atoms with Crippen LogP contribution in [0.25, 0.3) is 0 Å². The molecule has 5 nitrogen and oxygen atoms in total. The maximum atomic E-state index is 12.7. The molecule has 9 heteroatoms. The van der Waals surface area contributed by atoms with Gasteiger partial charge in [-0.1, -0.05) is 12.1 Å². The molecule has 0 saturated carbocycles. The number of hydrogen-bond donors (Lipinski definition) is 1. The van der Waals surface area contributed by atoms with E-state index < -0.39 is 27.7 Å². The minimum atomic E-state index is -4.59. The van der Waals surface area contributed by atoms with Crippen LogP contribution in [0.2, 0.25) is 0 Å². The van der Waals surface area contributed by atoms with Crippen molar-refractivity contribution in [1.82, 2.24) is 0 Å². The molecule has 0 amide bonds. The molecule has 0 bridgehead atoms. The Morgan fingerprint density at radius 1 is 1.08 bits per heavy atom. The first-order chi connectivity index (χ1) is 11.1. The van der Waals surface area contributed by atoms with E-state index in [0.29, 0.717) is 6.07 Å². The normalized spacial score (nSPS) is 11.8. The third kappa shape index (κ3) is 4.05. The number of anilines is 1. The van der Waals surface area contributed by atoms with Gasteiger partial charge >= 0.3 is 12.1 Å². The van der Waals surface area contributed by atoms with Crippen molar-refractivity contribution in [2.45, 2.75) is 11.1 Å². The van der Waals surface area contributed by atoms with Crippen molar-refractivity contribution in [2.24, 2.45) is 0 Å². The van der Waals surface area contributed by atoms with Gasteiger partial charge in [0.2, 0.25) is 0 Å². The van der Waals surface area contributed by atoms with Gasteiger partial charge in [0.1, 0.15) is 0 Å². The lowest BCUT2D eigenvalue weighted by Crippen LogP contribution is -2.15. The van der Waals surface area contributed by atoms with Crippen LogP contribution in [0, 0.1) is 0 Å². The zero-order chi connectivity index (χ0) is 18.0. The number of ether oxygens (including phenoxy) is 1. The van der Waals surface area contributed by atoms with Gasteiger partial charge < -0.3 is 4.74 Å². The first kappa shape index (κ1) is 17.8. The average Bonchev–Trinajstić information content (AvgIpc) is 2.53. The van der Waals surface area contributed by atoms with Crippen LogP contribution in [0.5, 0.6) is 0 Å². The number of benzene rings is 2. The molecule has 0 saturated heterocycles. The van der Waals surface area contributed by atoms with Crippen molar-refractivity contribution < 1.29 is 31.1 Å². The molecule has 0 heterocycles. The fraction of sp³-hybridized carbons (Fsp3) is 0.133. The molecule has 0 aromatic heterocycles. The minimum Gasteiger partial charge on any atom is -0.465 e. The van der Waals surface area contributed by atoms with Crippen LogP contribution in [0.15, 0.2) is 53.4 Å². The first-order valence-corrected chi connectivity index (χ1v) is 8.00. The van der Waals surface area contributed by atoms with Crippen molar-refractivity contribution in [3.63, 3.8) is 0 Å². The summed E-state index contributed by atoms with van der Waals surface area (Å²) in [4.78, 5) is 11.2. The van der Waals surface area contributed by atoms with E-state index >= 15 is 0 Å². The molecular formula is C15H12F3NO4S. The second kappa shape index (κ2) is 6.52. The number of carbonyl (C=O) groups is 1. The molecule has 0 fully saturated rings. The van der Waals surface area contributed by atoms with Gasteiger partial charge in [0, 0.05) is 5.69 Å². The molecule has 24 heavy (non-hydrogen) atoms. The molecule has 0 spiro atoms. The highest BCUT2D eigenvalue weighted by atomic mass is 32.2. The summed E-state index contributed by atoms with van der Waals surface area (Å²) in [6, 6.07) is 8.76. The lowest BCUT2D eigenvalue weighted by molar-refractivity contribution is -0.137. The summed E-state index contributed by atoms with van der Waals surface area (Å²) < 4.78 is 69.1. The molecule has 0 radical (unpaired) electrons. The van der Waals surface area contributed by atoms with Crippen molar-refractivity contribution >= 4 is 21.7 Å². The van der Waals surface area contributed by atoms with Gasteiger partial charge in [0.25, 0.3) is 10.0 Å². The Hall–Kier alpha value is -2.55. The van der Waals surface area contributed by atoms with E-state index in [1.165, 1.54) is 24.3 Å². The van der Waals surface area contributed by atoms with Crippen LogP contribution in [0.1, 0.15) is 15.9 Å². The highest BCUT2D eigenvalue weighted by Gasteiger charge is 2.30. The fourth-order valence-electron chi connectivity index (χ4n) is 1.88. The lowest BCUT2D eigenvalue weighted by atomic mass is 10.2. The Labute approximate surface area is 136 Å². The maximum absolute atomic E-state index is 12.7. The summed E-state index contributed by atoms with van der Waals surface area (Å²) in [6.45, 7) is 0. The molecule has 0 aliphatic heterocycles. The second-order valence-electron chi connectivity index (χ2n) is 4.70. The van der Waals surface area contributed by atoms with E-state index in [1.54, 1.807) is 0 Å². The standard InChI is InChI=1S/C15H12F3NO4S/c1-23-14(20)10-4-2-7-13(8-10)24(21,22)19-12-6-3-5-11(9-12)15(16,17)18/h2-9,19H,1H3. The monoisotopic (exact) mass is 359 g/mol. The Kier molecular flexibility index (Phi) is 4.83. The number of halogens is 3. The highest BCUT2D eigenvalue weighted by molar-refractivity contribution is 7.92. The molecule has 2 rings (SSSR count). The van der Waals surface area contributed by atoms with E-state index in [9.17, 15) is 26.4 Å². The Bertz CT molecular complexity index is 863. The number of nitrogens with one attached hydrogen (secondary N) is 1. The third-order valence-corrected chi connectivity index (χ3v) is 4.39. The van der Waals surface area contributed by atoms with Crippen molar-refractivity contribution in [1.29, 1.82) is 0 Å². The number of alkyl halides is 3. The number of methoxy groups -OCH3 is 1. The Morgan fingerprint density at radius 2 is 1.75 bits per heavy atom. The van der Waals surface area contributed by atoms with Crippen molar-refractivity contribution in [3.8, 4) is 0 Å². The molecule has 2 aromatic carbocycles. The van der Waals surface area contributed by atoms with Crippen LogP contribution in [-0.2, 0) is 20.9 Å².